The van der Waals surface area contributed by atoms with Crippen molar-refractivity contribution < 1.29 is 9.84 Å². The zero-order valence-corrected chi connectivity index (χ0v) is 18.4. The highest BCUT2D eigenvalue weighted by Gasteiger charge is 2.07. The van der Waals surface area contributed by atoms with E-state index in [0.29, 0.717) is 26.1 Å². The summed E-state index contributed by atoms with van der Waals surface area (Å²) < 4.78 is 5.13. The average Bonchev–Trinajstić information content (AvgIpc) is 2.68. The number of ether oxygens (including phenoxy) is 1. The van der Waals surface area contributed by atoms with Crippen molar-refractivity contribution in [1.82, 2.24) is 10.6 Å². The second-order valence-corrected chi connectivity index (χ2v) is 6.09. The topological polar surface area (TPSA) is 65.9 Å². The third-order valence-electron chi connectivity index (χ3n) is 3.99. The summed E-state index contributed by atoms with van der Waals surface area (Å²) >= 11 is 0. The molecule has 0 heterocycles. The Labute approximate surface area is 179 Å². The van der Waals surface area contributed by atoms with E-state index in [9.17, 15) is 5.11 Å². The number of hydrogen-bond donors (Lipinski definition) is 3. The molecule has 2 aromatic carbocycles. The predicted octanol–water partition coefficient (Wildman–Crippen LogP) is 3.63. The molecule has 5 nitrogen and oxygen atoms in total. The number of rotatable bonds is 9. The van der Waals surface area contributed by atoms with E-state index >= 15 is 0 Å². The number of halogens is 1. The molecular weight excluding hydrogens is 453 g/mol. The van der Waals surface area contributed by atoms with Gasteiger partial charge in [-0.25, -0.2) is 4.99 Å². The van der Waals surface area contributed by atoms with Gasteiger partial charge in [-0.15, -0.1) is 24.0 Å². The maximum absolute atomic E-state index is 10.2. The normalized spacial score (nSPS) is 12.2. The molecule has 0 saturated carbocycles. The van der Waals surface area contributed by atoms with Gasteiger partial charge in [-0.3, -0.25) is 0 Å². The standard InChI is InChI=1S/C21H29N3O2.HI/c1-3-22-21(23-14-13-20(25)19-7-5-4-6-8-19)24-15-17-9-11-18(12-10-17)16-26-2;/h4-12,20,25H,3,13-16H2,1-2H3,(H2,22,23,24);1H. The number of aliphatic imine (C=N–C) groups is 1. The van der Waals surface area contributed by atoms with E-state index in [1.165, 1.54) is 0 Å². The van der Waals surface area contributed by atoms with Gasteiger partial charge in [0.1, 0.15) is 0 Å². The highest BCUT2D eigenvalue weighted by Crippen LogP contribution is 2.14. The summed E-state index contributed by atoms with van der Waals surface area (Å²) in [5, 5.41) is 16.7. The molecule has 148 valence electrons. The van der Waals surface area contributed by atoms with Crippen LogP contribution in [0.25, 0.3) is 0 Å². The summed E-state index contributed by atoms with van der Waals surface area (Å²) in [6.07, 6.45) is 0.153. The summed E-state index contributed by atoms with van der Waals surface area (Å²) in [6.45, 7) is 4.70. The first kappa shape index (κ1) is 23.4. The number of methoxy groups -OCH3 is 1. The van der Waals surface area contributed by atoms with Gasteiger partial charge in [0.05, 0.1) is 19.3 Å². The van der Waals surface area contributed by atoms with Gasteiger partial charge < -0.3 is 20.5 Å². The Morgan fingerprint density at radius 3 is 2.33 bits per heavy atom. The molecule has 0 aliphatic rings. The van der Waals surface area contributed by atoms with E-state index in [-0.39, 0.29) is 24.0 Å². The molecule has 1 unspecified atom stereocenters. The maximum atomic E-state index is 10.2. The zero-order chi connectivity index (χ0) is 18.6. The first-order valence-electron chi connectivity index (χ1n) is 9.05. The van der Waals surface area contributed by atoms with Crippen LogP contribution >= 0.6 is 24.0 Å². The van der Waals surface area contributed by atoms with Gasteiger partial charge in [-0.1, -0.05) is 54.6 Å². The molecule has 2 aromatic rings. The van der Waals surface area contributed by atoms with Crippen molar-refractivity contribution in [1.29, 1.82) is 0 Å². The second kappa shape index (κ2) is 13.5. The number of nitrogens with zero attached hydrogens (tertiary/aromatic N) is 1. The van der Waals surface area contributed by atoms with Gasteiger partial charge in [0, 0.05) is 20.2 Å². The van der Waals surface area contributed by atoms with Gasteiger partial charge in [0.25, 0.3) is 0 Å². The largest absolute Gasteiger partial charge is 0.388 e. The molecule has 0 amide bonds. The second-order valence-electron chi connectivity index (χ2n) is 6.09. The van der Waals surface area contributed by atoms with Crippen molar-refractivity contribution in [2.75, 3.05) is 20.2 Å². The van der Waals surface area contributed by atoms with Crippen LogP contribution in [0.15, 0.2) is 59.6 Å². The minimum atomic E-state index is -0.472. The van der Waals surface area contributed by atoms with Crippen LogP contribution in [-0.4, -0.2) is 31.3 Å². The molecule has 0 aliphatic carbocycles. The fourth-order valence-corrected chi connectivity index (χ4v) is 2.59. The Morgan fingerprint density at radius 1 is 1.04 bits per heavy atom. The third-order valence-corrected chi connectivity index (χ3v) is 3.99. The predicted molar refractivity (Wildman–Crippen MR) is 121 cm³/mol. The molecule has 0 saturated heterocycles. The molecule has 0 aliphatic heterocycles. The van der Waals surface area contributed by atoms with Gasteiger partial charge in [0.15, 0.2) is 5.96 Å². The fourth-order valence-electron chi connectivity index (χ4n) is 2.59. The Bertz CT molecular complexity index is 663. The van der Waals surface area contributed by atoms with Gasteiger partial charge in [-0.2, -0.15) is 0 Å². The number of aliphatic hydroxyl groups is 1. The van der Waals surface area contributed by atoms with Crippen molar-refractivity contribution in [2.24, 2.45) is 4.99 Å². The van der Waals surface area contributed by atoms with Crippen LogP contribution < -0.4 is 10.6 Å². The smallest absolute Gasteiger partial charge is 0.191 e. The Balaban J connectivity index is 0.00000364. The van der Waals surface area contributed by atoms with Crippen LogP contribution in [0.2, 0.25) is 0 Å². The van der Waals surface area contributed by atoms with E-state index in [0.717, 1.165) is 29.2 Å². The minimum Gasteiger partial charge on any atom is -0.388 e. The fraction of sp³-hybridized carbons (Fsp3) is 0.381. The number of hydrogen-bond acceptors (Lipinski definition) is 3. The molecule has 27 heavy (non-hydrogen) atoms. The lowest BCUT2D eigenvalue weighted by molar-refractivity contribution is 0.168. The maximum Gasteiger partial charge on any atom is 0.191 e. The van der Waals surface area contributed by atoms with Crippen molar-refractivity contribution in [3.05, 3.63) is 71.3 Å². The van der Waals surface area contributed by atoms with E-state index in [4.69, 9.17) is 4.74 Å². The highest BCUT2D eigenvalue weighted by atomic mass is 127. The quantitative estimate of drug-likeness (QED) is 0.290. The van der Waals surface area contributed by atoms with Crippen LogP contribution in [0.1, 0.15) is 36.1 Å². The first-order chi connectivity index (χ1) is 12.7. The lowest BCUT2D eigenvalue weighted by Gasteiger charge is -2.14. The number of benzene rings is 2. The summed E-state index contributed by atoms with van der Waals surface area (Å²) in [4.78, 5) is 4.61. The Hall–Kier alpha value is -1.64. The average molecular weight is 483 g/mol. The van der Waals surface area contributed by atoms with Crippen LogP contribution in [0.5, 0.6) is 0 Å². The minimum absolute atomic E-state index is 0. The van der Waals surface area contributed by atoms with Crippen molar-refractivity contribution in [2.45, 2.75) is 32.6 Å². The van der Waals surface area contributed by atoms with Crippen molar-refractivity contribution in [3.63, 3.8) is 0 Å². The number of aliphatic hydroxyl groups excluding tert-OH is 1. The van der Waals surface area contributed by atoms with Crippen molar-refractivity contribution >= 4 is 29.9 Å². The molecule has 0 aromatic heterocycles. The highest BCUT2D eigenvalue weighted by molar-refractivity contribution is 14.0. The van der Waals surface area contributed by atoms with Crippen LogP contribution in [-0.2, 0) is 17.9 Å². The van der Waals surface area contributed by atoms with Crippen LogP contribution in [0.4, 0.5) is 0 Å². The number of guanidine groups is 1. The molecule has 0 fully saturated rings. The summed E-state index contributed by atoms with van der Waals surface area (Å²) in [5.41, 5.74) is 3.24. The van der Waals surface area contributed by atoms with E-state index < -0.39 is 6.10 Å². The molecule has 1 atom stereocenters. The molecular formula is C21H30IN3O2. The van der Waals surface area contributed by atoms with Gasteiger partial charge in [-0.05, 0) is 30.0 Å². The molecule has 6 heteroatoms. The van der Waals surface area contributed by atoms with Crippen LogP contribution in [0.3, 0.4) is 0 Å². The summed E-state index contributed by atoms with van der Waals surface area (Å²) in [5.74, 6) is 0.758. The van der Waals surface area contributed by atoms with E-state index in [2.05, 4.69) is 39.9 Å². The SMILES string of the molecule is CCNC(=NCc1ccc(COC)cc1)NCCC(O)c1ccccc1.I. The van der Waals surface area contributed by atoms with Gasteiger partial charge >= 0.3 is 0 Å². The summed E-state index contributed by atoms with van der Waals surface area (Å²) in [6, 6.07) is 18.0. The summed E-state index contributed by atoms with van der Waals surface area (Å²) in [7, 11) is 1.70. The molecule has 0 bridgehead atoms. The first-order valence-corrected chi connectivity index (χ1v) is 9.05. The Morgan fingerprint density at radius 2 is 1.70 bits per heavy atom. The van der Waals surface area contributed by atoms with Gasteiger partial charge in [0.2, 0.25) is 0 Å². The number of nitrogens with one attached hydrogen (secondary N) is 2. The molecule has 0 spiro atoms. The zero-order valence-electron chi connectivity index (χ0n) is 16.0. The molecule has 2 rings (SSSR count). The Kier molecular flexibility index (Phi) is 11.7. The lowest BCUT2D eigenvalue weighted by Crippen LogP contribution is -2.38. The lowest BCUT2D eigenvalue weighted by atomic mass is 10.1. The van der Waals surface area contributed by atoms with E-state index in [1.807, 2.05) is 37.3 Å². The monoisotopic (exact) mass is 483 g/mol. The third kappa shape index (κ3) is 8.73. The van der Waals surface area contributed by atoms with Crippen LogP contribution in [0, 0.1) is 0 Å². The molecule has 0 radical (unpaired) electrons. The molecule has 3 N–H and O–H groups in total. The van der Waals surface area contributed by atoms with E-state index in [1.54, 1.807) is 7.11 Å². The van der Waals surface area contributed by atoms with Crippen molar-refractivity contribution in [3.8, 4) is 0 Å².